The van der Waals surface area contributed by atoms with E-state index in [1.54, 1.807) is 0 Å². The van der Waals surface area contributed by atoms with Gasteiger partial charge in [-0.1, -0.05) is 31.0 Å². The lowest BCUT2D eigenvalue weighted by atomic mass is 9.96. The van der Waals surface area contributed by atoms with Crippen LogP contribution in [0, 0.1) is 13.8 Å². The van der Waals surface area contributed by atoms with Crippen molar-refractivity contribution in [3.05, 3.63) is 34.9 Å². The molecule has 1 saturated heterocycles. The Morgan fingerprint density at radius 3 is 2.39 bits per heavy atom. The minimum Gasteiger partial charge on any atom is -0.329 e. The Kier molecular flexibility index (Phi) is 4.79. The van der Waals surface area contributed by atoms with E-state index in [-0.39, 0.29) is 0 Å². The lowest BCUT2D eigenvalue weighted by Gasteiger charge is -2.31. The lowest BCUT2D eigenvalue weighted by Crippen LogP contribution is -2.35. The van der Waals surface area contributed by atoms with Crippen LogP contribution in [0.4, 0.5) is 0 Å². The standard InChI is InChI=1S/C16H26N2/c1-13-8-7-9-15(14(13)2)16(12-17)18-10-5-3-4-6-11-18/h7-9,16H,3-6,10-12,17H2,1-2H3. The number of nitrogens with two attached hydrogens (primary N) is 1. The highest BCUT2D eigenvalue weighted by Crippen LogP contribution is 2.27. The Balaban J connectivity index is 2.23. The summed E-state index contributed by atoms with van der Waals surface area (Å²) >= 11 is 0. The maximum Gasteiger partial charge on any atom is 0.0473 e. The SMILES string of the molecule is Cc1cccc(C(CN)N2CCCCCC2)c1C. The molecule has 0 bridgehead atoms. The summed E-state index contributed by atoms with van der Waals surface area (Å²) in [5.74, 6) is 0. The highest BCUT2D eigenvalue weighted by Gasteiger charge is 2.21. The molecular weight excluding hydrogens is 220 g/mol. The molecule has 2 N–H and O–H groups in total. The summed E-state index contributed by atoms with van der Waals surface area (Å²) < 4.78 is 0. The quantitative estimate of drug-likeness (QED) is 0.887. The van der Waals surface area contributed by atoms with Gasteiger partial charge in [0.25, 0.3) is 0 Å². The molecule has 0 aromatic heterocycles. The highest BCUT2D eigenvalue weighted by molar-refractivity contribution is 5.35. The molecule has 0 amide bonds. The maximum atomic E-state index is 6.06. The largest absolute Gasteiger partial charge is 0.329 e. The summed E-state index contributed by atoms with van der Waals surface area (Å²) in [5.41, 5.74) is 10.3. The molecule has 1 aromatic carbocycles. The van der Waals surface area contributed by atoms with Crippen molar-refractivity contribution in [2.75, 3.05) is 19.6 Å². The van der Waals surface area contributed by atoms with E-state index in [1.165, 1.54) is 55.5 Å². The average Bonchev–Trinajstić information content (AvgIpc) is 2.64. The molecule has 1 unspecified atom stereocenters. The van der Waals surface area contributed by atoms with Gasteiger partial charge in [0.05, 0.1) is 0 Å². The average molecular weight is 246 g/mol. The van der Waals surface area contributed by atoms with E-state index in [4.69, 9.17) is 5.73 Å². The minimum absolute atomic E-state index is 0.406. The third-order valence-corrected chi connectivity index (χ3v) is 4.31. The van der Waals surface area contributed by atoms with Gasteiger partial charge in [-0.3, -0.25) is 4.90 Å². The van der Waals surface area contributed by atoms with E-state index < -0.39 is 0 Å². The predicted molar refractivity (Wildman–Crippen MR) is 77.8 cm³/mol. The zero-order valence-corrected chi connectivity index (χ0v) is 11.8. The Hall–Kier alpha value is -0.860. The molecule has 0 saturated carbocycles. The fourth-order valence-corrected chi connectivity index (χ4v) is 3.01. The molecule has 2 rings (SSSR count). The topological polar surface area (TPSA) is 29.3 Å². The molecule has 2 heteroatoms. The Labute approximate surface area is 111 Å². The Morgan fingerprint density at radius 1 is 1.11 bits per heavy atom. The van der Waals surface area contributed by atoms with Crippen molar-refractivity contribution in [2.45, 2.75) is 45.6 Å². The molecule has 2 nitrogen and oxygen atoms in total. The molecule has 1 fully saturated rings. The first-order valence-electron chi connectivity index (χ1n) is 7.24. The molecule has 1 aromatic rings. The number of rotatable bonds is 3. The Bertz CT molecular complexity index is 379. The predicted octanol–water partition coefficient (Wildman–Crippen LogP) is 3.18. The van der Waals surface area contributed by atoms with Crippen molar-refractivity contribution in [2.24, 2.45) is 5.73 Å². The zero-order valence-electron chi connectivity index (χ0n) is 11.8. The van der Waals surface area contributed by atoms with Gasteiger partial charge in [0, 0.05) is 12.6 Å². The molecule has 0 radical (unpaired) electrons. The number of benzene rings is 1. The van der Waals surface area contributed by atoms with Crippen molar-refractivity contribution >= 4 is 0 Å². The van der Waals surface area contributed by atoms with E-state index in [0.29, 0.717) is 6.04 Å². The van der Waals surface area contributed by atoms with Gasteiger partial charge in [0.1, 0.15) is 0 Å². The number of nitrogens with zero attached hydrogens (tertiary/aromatic N) is 1. The fourth-order valence-electron chi connectivity index (χ4n) is 3.01. The van der Waals surface area contributed by atoms with Crippen molar-refractivity contribution < 1.29 is 0 Å². The van der Waals surface area contributed by atoms with Crippen LogP contribution in [0.3, 0.4) is 0 Å². The van der Waals surface area contributed by atoms with Crippen molar-refractivity contribution in [3.63, 3.8) is 0 Å². The molecule has 100 valence electrons. The first-order valence-corrected chi connectivity index (χ1v) is 7.24. The van der Waals surface area contributed by atoms with Crippen molar-refractivity contribution in [3.8, 4) is 0 Å². The van der Waals surface area contributed by atoms with E-state index in [0.717, 1.165) is 6.54 Å². The fraction of sp³-hybridized carbons (Fsp3) is 0.625. The second kappa shape index (κ2) is 6.35. The molecule has 0 spiro atoms. The second-order valence-corrected chi connectivity index (χ2v) is 5.49. The van der Waals surface area contributed by atoms with E-state index >= 15 is 0 Å². The van der Waals surface area contributed by atoms with E-state index in [9.17, 15) is 0 Å². The van der Waals surface area contributed by atoms with E-state index in [2.05, 4.69) is 36.9 Å². The Morgan fingerprint density at radius 2 is 1.78 bits per heavy atom. The molecular formula is C16H26N2. The van der Waals surface area contributed by atoms with Crippen LogP contribution in [0.15, 0.2) is 18.2 Å². The van der Waals surface area contributed by atoms with Gasteiger partial charge in [-0.2, -0.15) is 0 Å². The minimum atomic E-state index is 0.406. The summed E-state index contributed by atoms with van der Waals surface area (Å²) in [6.45, 7) is 7.55. The summed E-state index contributed by atoms with van der Waals surface area (Å²) in [5, 5.41) is 0. The molecule has 1 aliphatic rings. The van der Waals surface area contributed by atoms with Crippen LogP contribution >= 0.6 is 0 Å². The van der Waals surface area contributed by atoms with Crippen LogP contribution in [0.25, 0.3) is 0 Å². The number of hydrogen-bond acceptors (Lipinski definition) is 2. The molecule has 1 atom stereocenters. The lowest BCUT2D eigenvalue weighted by molar-refractivity contribution is 0.209. The van der Waals surface area contributed by atoms with Gasteiger partial charge in [-0.05, 0) is 56.5 Å². The summed E-state index contributed by atoms with van der Waals surface area (Å²) in [4.78, 5) is 2.59. The summed E-state index contributed by atoms with van der Waals surface area (Å²) in [6.07, 6.45) is 5.39. The van der Waals surface area contributed by atoms with Crippen LogP contribution in [0.5, 0.6) is 0 Å². The van der Waals surface area contributed by atoms with Crippen molar-refractivity contribution in [1.29, 1.82) is 0 Å². The van der Waals surface area contributed by atoms with Crippen molar-refractivity contribution in [1.82, 2.24) is 4.90 Å². The first-order chi connectivity index (χ1) is 8.74. The summed E-state index contributed by atoms with van der Waals surface area (Å²) in [7, 11) is 0. The van der Waals surface area contributed by atoms with Gasteiger partial charge in [0.2, 0.25) is 0 Å². The molecule has 18 heavy (non-hydrogen) atoms. The molecule has 1 aliphatic heterocycles. The molecule has 0 aliphatic carbocycles. The van der Waals surface area contributed by atoms with Crippen LogP contribution in [0.2, 0.25) is 0 Å². The second-order valence-electron chi connectivity index (χ2n) is 5.49. The van der Waals surface area contributed by atoms with Gasteiger partial charge in [-0.15, -0.1) is 0 Å². The van der Waals surface area contributed by atoms with Crippen LogP contribution in [-0.2, 0) is 0 Å². The maximum absolute atomic E-state index is 6.06. The van der Waals surface area contributed by atoms with E-state index in [1.807, 2.05) is 0 Å². The van der Waals surface area contributed by atoms with Gasteiger partial charge >= 0.3 is 0 Å². The van der Waals surface area contributed by atoms with Gasteiger partial charge in [-0.25, -0.2) is 0 Å². The van der Waals surface area contributed by atoms with Crippen LogP contribution < -0.4 is 5.73 Å². The zero-order chi connectivity index (χ0) is 13.0. The number of hydrogen-bond donors (Lipinski definition) is 1. The monoisotopic (exact) mass is 246 g/mol. The number of aryl methyl sites for hydroxylation is 1. The number of likely N-dealkylation sites (tertiary alicyclic amines) is 1. The first kappa shape index (κ1) is 13.6. The van der Waals surface area contributed by atoms with Crippen LogP contribution in [0.1, 0.15) is 48.4 Å². The van der Waals surface area contributed by atoms with Crippen LogP contribution in [-0.4, -0.2) is 24.5 Å². The highest BCUT2D eigenvalue weighted by atomic mass is 15.2. The normalized spacial score (nSPS) is 19.5. The molecule has 1 heterocycles. The summed E-state index contributed by atoms with van der Waals surface area (Å²) in [6, 6.07) is 7.01. The third-order valence-electron chi connectivity index (χ3n) is 4.31. The van der Waals surface area contributed by atoms with Gasteiger partial charge < -0.3 is 5.73 Å². The third kappa shape index (κ3) is 2.93. The smallest absolute Gasteiger partial charge is 0.0473 e. The van der Waals surface area contributed by atoms with Gasteiger partial charge in [0.15, 0.2) is 0 Å².